The first kappa shape index (κ1) is 31.4. The largest absolute Gasteiger partial charge is 0.489 e. The van der Waals surface area contributed by atoms with E-state index in [2.05, 4.69) is 10.6 Å². The molecule has 4 amide bonds. The maximum atomic E-state index is 14.3. The van der Waals surface area contributed by atoms with E-state index in [1.807, 2.05) is 12.1 Å². The Morgan fingerprint density at radius 3 is 2.41 bits per heavy atom. The minimum atomic E-state index is -0.923. The van der Waals surface area contributed by atoms with Crippen LogP contribution in [0.5, 0.6) is 5.75 Å². The average molecular weight is 607 g/mol. The number of nitrogens with one attached hydrogen (secondary N) is 1. The molecule has 1 N–H and O–H groups in total. The first-order valence-electron chi connectivity index (χ1n) is 15.4. The minimum Gasteiger partial charge on any atom is -0.489 e. The summed E-state index contributed by atoms with van der Waals surface area (Å²) in [4.78, 5) is 56.8. The number of benzene rings is 2. The highest BCUT2D eigenvalue weighted by molar-refractivity contribution is 6.00. The molecule has 1 saturated carbocycles. The molecule has 2 aromatic carbocycles. The highest BCUT2D eigenvalue weighted by Gasteiger charge is 2.39. The number of rotatable bonds is 7. The Morgan fingerprint density at radius 2 is 1.73 bits per heavy atom. The van der Waals surface area contributed by atoms with E-state index in [0.717, 1.165) is 62.1 Å². The van der Waals surface area contributed by atoms with Crippen LogP contribution in [0.3, 0.4) is 0 Å². The number of likely N-dealkylation sites (N-methyl/N-ethyl adjacent to an activating group) is 1. The molecule has 2 aliphatic heterocycles. The highest BCUT2D eigenvalue weighted by atomic mass is 19.1. The van der Waals surface area contributed by atoms with Gasteiger partial charge in [-0.05, 0) is 67.1 Å². The average Bonchev–Trinajstić information content (AvgIpc) is 3.53. The molecule has 235 valence electrons. The summed E-state index contributed by atoms with van der Waals surface area (Å²) in [5, 5.41) is 6.92. The van der Waals surface area contributed by atoms with E-state index in [9.17, 15) is 23.6 Å². The predicted molar refractivity (Wildman–Crippen MR) is 163 cm³/mol. The lowest BCUT2D eigenvalue weighted by Crippen LogP contribution is -2.61. The number of piperazine rings is 1. The van der Waals surface area contributed by atoms with Crippen LogP contribution in [-0.4, -0.2) is 97.3 Å². The van der Waals surface area contributed by atoms with Gasteiger partial charge in [0.15, 0.2) is 0 Å². The number of carbonyl (C=O) groups is 4. The van der Waals surface area contributed by atoms with Crippen LogP contribution >= 0.6 is 0 Å². The van der Waals surface area contributed by atoms with E-state index in [1.165, 1.54) is 34.1 Å². The lowest BCUT2D eigenvalue weighted by atomic mass is 9.83. The Labute approximate surface area is 257 Å². The van der Waals surface area contributed by atoms with E-state index >= 15 is 0 Å². The van der Waals surface area contributed by atoms with Gasteiger partial charge in [-0.3, -0.25) is 19.2 Å². The van der Waals surface area contributed by atoms with Gasteiger partial charge in [0, 0.05) is 57.5 Å². The monoisotopic (exact) mass is 606 g/mol. The molecular formula is C33H41FN5O5. The maximum absolute atomic E-state index is 14.3. The Bertz CT molecular complexity index is 1400. The van der Waals surface area contributed by atoms with Crippen molar-refractivity contribution in [2.45, 2.75) is 63.5 Å². The third-order valence-electron chi connectivity index (χ3n) is 8.66. The zero-order valence-corrected chi connectivity index (χ0v) is 25.7. The van der Waals surface area contributed by atoms with Crippen molar-refractivity contribution in [3.05, 3.63) is 58.9 Å². The van der Waals surface area contributed by atoms with Crippen molar-refractivity contribution < 1.29 is 28.3 Å². The standard InChI is InChI=1S/C33H41FN5O5/c1-21(40)36-26-16-24(15-25(34)18-26)31(41)38-13-14-39(29(20-38)33(43)37(2)3)32(42)23-9-10-30(44-27-11-12-35-19-27)28(17-23)22-7-5-4-6-8-22/h9-10,15-18,22,27,29H,4-8,11-14,19-20H2,1-3H3,(H,36,40)/t27-,29?/m0/s1. The van der Waals surface area contributed by atoms with Gasteiger partial charge in [0.25, 0.3) is 11.8 Å². The summed E-state index contributed by atoms with van der Waals surface area (Å²) in [5.41, 5.74) is 1.73. The summed E-state index contributed by atoms with van der Waals surface area (Å²) >= 11 is 0. The van der Waals surface area contributed by atoms with Crippen LogP contribution in [0.4, 0.5) is 10.1 Å². The SMILES string of the molecule is CC(=O)Nc1cc(F)cc(C(=O)N2CCN(C(=O)c3ccc(O[C@H]4CC[N]C4)c(C4CCCCC4)c3)C(C(=O)N(C)C)C2)c1. The summed E-state index contributed by atoms with van der Waals surface area (Å²) in [5.74, 6) is -1.04. The number of halogens is 1. The van der Waals surface area contributed by atoms with Gasteiger partial charge in [-0.1, -0.05) is 19.3 Å². The topological polar surface area (TPSA) is 113 Å². The molecule has 1 aliphatic carbocycles. The molecule has 3 fully saturated rings. The summed E-state index contributed by atoms with van der Waals surface area (Å²) in [7, 11) is 3.22. The van der Waals surface area contributed by atoms with Crippen molar-refractivity contribution in [2.75, 3.05) is 52.1 Å². The molecule has 2 heterocycles. The number of hydrogen-bond donors (Lipinski definition) is 1. The van der Waals surface area contributed by atoms with Crippen LogP contribution in [0.25, 0.3) is 0 Å². The van der Waals surface area contributed by atoms with Gasteiger partial charge in [-0.25, -0.2) is 9.71 Å². The second-order valence-electron chi connectivity index (χ2n) is 12.2. The molecule has 0 bridgehead atoms. The first-order chi connectivity index (χ1) is 21.1. The van der Waals surface area contributed by atoms with Crippen LogP contribution < -0.4 is 15.4 Å². The second kappa shape index (κ2) is 13.8. The quantitative estimate of drug-likeness (QED) is 0.517. The van der Waals surface area contributed by atoms with Gasteiger partial charge in [0.1, 0.15) is 23.7 Å². The third-order valence-corrected chi connectivity index (χ3v) is 8.66. The van der Waals surface area contributed by atoms with E-state index in [1.54, 1.807) is 20.2 Å². The van der Waals surface area contributed by atoms with Gasteiger partial charge in [-0.15, -0.1) is 0 Å². The number of hydrogen-bond acceptors (Lipinski definition) is 5. The van der Waals surface area contributed by atoms with Crippen LogP contribution in [0.15, 0.2) is 36.4 Å². The van der Waals surface area contributed by atoms with Gasteiger partial charge >= 0.3 is 0 Å². The summed E-state index contributed by atoms with van der Waals surface area (Å²) in [6.45, 7) is 3.01. The molecule has 2 atom stereocenters. The van der Waals surface area contributed by atoms with Crippen molar-refractivity contribution in [3.8, 4) is 5.75 Å². The molecule has 5 rings (SSSR count). The second-order valence-corrected chi connectivity index (χ2v) is 12.2. The Kier molecular flexibility index (Phi) is 9.83. The van der Waals surface area contributed by atoms with Crippen LogP contribution in [0.2, 0.25) is 0 Å². The number of anilines is 1. The molecule has 1 unspecified atom stereocenters. The van der Waals surface area contributed by atoms with Crippen molar-refractivity contribution >= 4 is 29.3 Å². The van der Waals surface area contributed by atoms with E-state index < -0.39 is 23.7 Å². The predicted octanol–water partition coefficient (Wildman–Crippen LogP) is 3.64. The van der Waals surface area contributed by atoms with Crippen molar-refractivity contribution in [1.82, 2.24) is 20.0 Å². The fourth-order valence-electron chi connectivity index (χ4n) is 6.42. The molecule has 0 aromatic heterocycles. The molecule has 1 radical (unpaired) electrons. The Hall–Kier alpha value is -3.99. The zero-order chi connectivity index (χ0) is 31.4. The van der Waals surface area contributed by atoms with Gasteiger partial charge in [0.2, 0.25) is 11.8 Å². The number of carbonyl (C=O) groups excluding carboxylic acids is 4. The molecule has 44 heavy (non-hydrogen) atoms. The molecule has 2 aromatic rings. The highest BCUT2D eigenvalue weighted by Crippen LogP contribution is 2.39. The third kappa shape index (κ3) is 7.20. The van der Waals surface area contributed by atoms with E-state index in [0.29, 0.717) is 18.0 Å². The van der Waals surface area contributed by atoms with Gasteiger partial charge < -0.3 is 24.8 Å². The number of amides is 4. The van der Waals surface area contributed by atoms with Gasteiger partial charge in [-0.2, -0.15) is 0 Å². The van der Waals surface area contributed by atoms with Crippen LogP contribution in [0, 0.1) is 5.82 Å². The summed E-state index contributed by atoms with van der Waals surface area (Å²) < 4.78 is 20.7. The molecular weight excluding hydrogens is 565 g/mol. The fourth-order valence-corrected chi connectivity index (χ4v) is 6.42. The first-order valence-corrected chi connectivity index (χ1v) is 15.4. The molecule has 11 heteroatoms. The molecule has 3 aliphatic rings. The van der Waals surface area contributed by atoms with Crippen molar-refractivity contribution in [1.29, 1.82) is 0 Å². The minimum absolute atomic E-state index is 0.0408. The Balaban J connectivity index is 1.39. The zero-order valence-electron chi connectivity index (χ0n) is 25.7. The lowest BCUT2D eigenvalue weighted by molar-refractivity contribution is -0.135. The lowest BCUT2D eigenvalue weighted by Gasteiger charge is -2.41. The fraction of sp³-hybridized carbons (Fsp3) is 0.515. The van der Waals surface area contributed by atoms with Gasteiger partial charge in [0.05, 0.1) is 13.1 Å². The van der Waals surface area contributed by atoms with Crippen molar-refractivity contribution in [2.24, 2.45) is 0 Å². The smallest absolute Gasteiger partial charge is 0.254 e. The van der Waals surface area contributed by atoms with E-state index in [4.69, 9.17) is 4.74 Å². The maximum Gasteiger partial charge on any atom is 0.254 e. The van der Waals surface area contributed by atoms with Crippen LogP contribution in [-0.2, 0) is 9.59 Å². The molecule has 10 nitrogen and oxygen atoms in total. The van der Waals surface area contributed by atoms with Crippen molar-refractivity contribution in [3.63, 3.8) is 0 Å². The molecule has 2 saturated heterocycles. The van der Waals surface area contributed by atoms with E-state index in [-0.39, 0.29) is 48.8 Å². The summed E-state index contributed by atoms with van der Waals surface area (Å²) in [6, 6.07) is 8.30. The summed E-state index contributed by atoms with van der Waals surface area (Å²) in [6.07, 6.45) is 6.46. The van der Waals surface area contributed by atoms with Crippen LogP contribution in [0.1, 0.15) is 77.6 Å². The number of ether oxygens (including phenoxy) is 1. The number of nitrogens with zero attached hydrogens (tertiary/aromatic N) is 4. The molecule has 0 spiro atoms. The Morgan fingerprint density at radius 1 is 0.955 bits per heavy atom. The normalized spacial score (nSPS) is 20.7.